The Morgan fingerprint density at radius 2 is 2.12 bits per heavy atom. The van der Waals surface area contributed by atoms with Gasteiger partial charge in [-0.15, -0.1) is 0 Å². The molecule has 2 aromatic heterocycles. The van der Waals surface area contributed by atoms with Gasteiger partial charge in [0.2, 0.25) is 16.0 Å². The average molecular weight is 512 g/mol. The van der Waals surface area contributed by atoms with E-state index in [1.165, 1.54) is 16.6 Å². The average Bonchev–Trinajstić information content (AvgIpc) is 3.11. The molecule has 1 aromatic carbocycles. The number of piperidine rings is 1. The summed E-state index contributed by atoms with van der Waals surface area (Å²) in [6, 6.07) is 2.55. The Morgan fingerprint density at radius 1 is 1.38 bits per heavy atom. The molecule has 4 rings (SSSR count). The number of aliphatic hydroxyl groups is 1. The van der Waals surface area contributed by atoms with Gasteiger partial charge in [-0.1, -0.05) is 11.6 Å². The van der Waals surface area contributed by atoms with Crippen LogP contribution in [0.5, 0.6) is 0 Å². The number of halogens is 2. The molecule has 1 unspecified atom stereocenters. The molecule has 0 amide bonds. The van der Waals surface area contributed by atoms with Crippen molar-refractivity contribution in [1.82, 2.24) is 23.8 Å². The maximum Gasteiger partial charge on any atom is 0.223 e. The van der Waals surface area contributed by atoms with Crippen molar-refractivity contribution in [1.29, 1.82) is 0 Å². The zero-order chi connectivity index (χ0) is 24.8. The first-order valence-electron chi connectivity index (χ1n) is 10.8. The molecule has 0 aliphatic carbocycles. The maximum absolute atomic E-state index is 15.0. The molecular formula is C21H27ClFN7O3S. The number of nitrogens with zero attached hydrogens (tertiary/aromatic N) is 5. The Hall–Kier alpha value is -2.38. The smallest absolute Gasteiger partial charge is 0.223 e. The Balaban J connectivity index is 1.66. The third-order valence-corrected chi connectivity index (χ3v) is 7.60. The molecule has 3 atom stereocenters. The van der Waals surface area contributed by atoms with Crippen LogP contribution in [0.1, 0.15) is 25.2 Å². The summed E-state index contributed by atoms with van der Waals surface area (Å²) in [5.74, 6) is 0.331. The number of nitrogens with one attached hydrogen (secondary N) is 1. The third-order valence-electron chi connectivity index (χ3n) is 6.05. The summed E-state index contributed by atoms with van der Waals surface area (Å²) in [6.45, 7) is 4.32. The number of imidazole rings is 1. The number of anilines is 1. The van der Waals surface area contributed by atoms with Gasteiger partial charge >= 0.3 is 0 Å². The second-order valence-corrected chi connectivity index (χ2v) is 10.9. The van der Waals surface area contributed by atoms with Crippen molar-refractivity contribution in [3.8, 4) is 11.3 Å². The number of hydrogen-bond donors (Lipinski definition) is 3. The minimum absolute atomic E-state index is 0.0263. The van der Waals surface area contributed by atoms with Gasteiger partial charge in [-0.05, 0) is 32.4 Å². The maximum atomic E-state index is 15.0. The largest absolute Gasteiger partial charge is 0.390 e. The lowest BCUT2D eigenvalue weighted by molar-refractivity contribution is 0.0950. The first kappa shape index (κ1) is 24.7. The first-order valence-corrected chi connectivity index (χ1v) is 13.0. The quantitative estimate of drug-likeness (QED) is 0.456. The van der Waals surface area contributed by atoms with Gasteiger partial charge in [-0.2, -0.15) is 4.31 Å². The Bertz CT molecular complexity index is 1330. The van der Waals surface area contributed by atoms with Gasteiger partial charge in [0, 0.05) is 31.2 Å². The summed E-state index contributed by atoms with van der Waals surface area (Å²) in [5, 5.41) is 13.7. The lowest BCUT2D eigenvalue weighted by Crippen LogP contribution is -2.51. The van der Waals surface area contributed by atoms with Gasteiger partial charge in [0.05, 0.1) is 40.8 Å². The summed E-state index contributed by atoms with van der Waals surface area (Å²) < 4.78 is 41.6. The second-order valence-electron chi connectivity index (χ2n) is 8.56. The molecular weight excluding hydrogens is 485 g/mol. The highest BCUT2D eigenvalue weighted by molar-refractivity contribution is 7.88. The normalized spacial score (nSPS) is 20.6. The monoisotopic (exact) mass is 511 g/mol. The van der Waals surface area contributed by atoms with Crippen molar-refractivity contribution in [3.05, 3.63) is 35.0 Å². The van der Waals surface area contributed by atoms with E-state index in [2.05, 4.69) is 20.3 Å². The van der Waals surface area contributed by atoms with Crippen molar-refractivity contribution >= 4 is 38.6 Å². The molecule has 1 fully saturated rings. The number of aliphatic hydroxyl groups excluding tert-OH is 1. The zero-order valence-electron chi connectivity index (χ0n) is 19.0. The fourth-order valence-electron chi connectivity index (χ4n) is 4.24. The molecule has 34 heavy (non-hydrogen) atoms. The second kappa shape index (κ2) is 9.34. The highest BCUT2D eigenvalue weighted by Crippen LogP contribution is 2.32. The number of fused-ring (bicyclic) bond motifs is 1. The van der Waals surface area contributed by atoms with Crippen molar-refractivity contribution in [3.63, 3.8) is 0 Å². The van der Waals surface area contributed by atoms with Crippen LogP contribution in [0.4, 0.5) is 10.3 Å². The van der Waals surface area contributed by atoms with E-state index < -0.39 is 28.0 Å². The fraction of sp³-hybridized carbons (Fsp3) is 0.476. The molecule has 0 radical (unpaired) electrons. The van der Waals surface area contributed by atoms with Crippen LogP contribution in [0, 0.1) is 12.7 Å². The lowest BCUT2D eigenvalue weighted by Gasteiger charge is -2.34. The molecule has 0 spiro atoms. The zero-order valence-corrected chi connectivity index (χ0v) is 20.6. The van der Waals surface area contributed by atoms with Gasteiger partial charge in [0.25, 0.3) is 0 Å². The van der Waals surface area contributed by atoms with Crippen LogP contribution in [-0.4, -0.2) is 75.4 Å². The van der Waals surface area contributed by atoms with Crippen molar-refractivity contribution < 1.29 is 17.9 Å². The molecule has 0 bridgehead atoms. The van der Waals surface area contributed by atoms with Gasteiger partial charge in [-0.3, -0.25) is 0 Å². The minimum atomic E-state index is -3.39. The summed E-state index contributed by atoms with van der Waals surface area (Å²) in [6.07, 6.45) is 1.93. The number of hydrogen-bond acceptors (Lipinski definition) is 8. The molecule has 184 valence electrons. The van der Waals surface area contributed by atoms with Gasteiger partial charge in [0.1, 0.15) is 11.3 Å². The minimum Gasteiger partial charge on any atom is -0.390 e. The topological polar surface area (TPSA) is 139 Å². The summed E-state index contributed by atoms with van der Waals surface area (Å²) in [5.41, 5.74) is 7.42. The van der Waals surface area contributed by atoms with Crippen molar-refractivity contribution in [2.45, 2.75) is 38.5 Å². The van der Waals surface area contributed by atoms with Crippen LogP contribution in [0.3, 0.4) is 0 Å². The number of rotatable bonds is 6. The van der Waals surface area contributed by atoms with Crippen molar-refractivity contribution in [2.24, 2.45) is 5.73 Å². The van der Waals surface area contributed by atoms with E-state index in [9.17, 15) is 17.9 Å². The van der Waals surface area contributed by atoms with E-state index in [1.54, 1.807) is 13.0 Å². The van der Waals surface area contributed by atoms with Crippen LogP contribution >= 0.6 is 11.6 Å². The predicted octanol–water partition coefficient (Wildman–Crippen LogP) is 1.92. The molecule has 4 N–H and O–H groups in total. The number of aromatic nitrogens is 4. The highest BCUT2D eigenvalue weighted by Gasteiger charge is 2.32. The lowest BCUT2D eigenvalue weighted by atomic mass is 10.0. The Kier molecular flexibility index (Phi) is 6.80. The summed E-state index contributed by atoms with van der Waals surface area (Å²) in [4.78, 5) is 13.0. The molecule has 3 heterocycles. The molecule has 1 saturated heterocycles. The van der Waals surface area contributed by atoms with E-state index in [4.69, 9.17) is 17.3 Å². The molecule has 3 aromatic rings. The number of sulfonamides is 1. The molecule has 0 saturated carbocycles. The standard InChI is InChI=1S/C21H27ClFN7O3S/c1-11(8-24)30-12(2)26-20-15(23)6-13(7-17(20)30)19-14(22)9-25-21(28-19)27-16-4-5-29(10-18(16)31)34(3,32)33/h6-7,9,11,16,18,31H,4-5,8,10,24H2,1-3H3,(H,25,27,28)/t11?,16-,18-/m1/s1. The molecule has 10 nitrogen and oxygen atoms in total. The van der Waals surface area contributed by atoms with Crippen LogP contribution in [-0.2, 0) is 10.0 Å². The summed E-state index contributed by atoms with van der Waals surface area (Å²) >= 11 is 6.37. The third kappa shape index (κ3) is 4.73. The van der Waals surface area contributed by atoms with Crippen LogP contribution in [0.25, 0.3) is 22.3 Å². The van der Waals surface area contributed by atoms with Gasteiger partial charge in [0.15, 0.2) is 5.82 Å². The number of benzene rings is 1. The van der Waals surface area contributed by atoms with E-state index in [1.807, 2.05) is 11.5 Å². The van der Waals surface area contributed by atoms with E-state index in [-0.39, 0.29) is 35.6 Å². The van der Waals surface area contributed by atoms with Crippen LogP contribution in [0.15, 0.2) is 18.3 Å². The Labute approximate surface area is 202 Å². The number of β-amino-alcohol motifs (C(OH)–C–C–N with tert-alkyl or cyclic N) is 1. The molecule has 1 aliphatic heterocycles. The Morgan fingerprint density at radius 3 is 2.76 bits per heavy atom. The fourth-order valence-corrected chi connectivity index (χ4v) is 5.31. The first-order chi connectivity index (χ1) is 16.0. The molecule has 13 heteroatoms. The van der Waals surface area contributed by atoms with Gasteiger partial charge < -0.3 is 20.7 Å². The van der Waals surface area contributed by atoms with Gasteiger partial charge in [-0.25, -0.2) is 27.8 Å². The highest BCUT2D eigenvalue weighted by atomic mass is 35.5. The van der Waals surface area contributed by atoms with E-state index in [0.717, 1.165) is 6.26 Å². The van der Waals surface area contributed by atoms with E-state index in [0.29, 0.717) is 35.6 Å². The van der Waals surface area contributed by atoms with E-state index >= 15 is 0 Å². The number of nitrogens with two attached hydrogens (primary N) is 1. The van der Waals surface area contributed by atoms with Crippen molar-refractivity contribution in [2.75, 3.05) is 31.2 Å². The van der Waals surface area contributed by atoms with Crippen LogP contribution < -0.4 is 11.1 Å². The predicted molar refractivity (Wildman–Crippen MR) is 129 cm³/mol. The summed E-state index contributed by atoms with van der Waals surface area (Å²) in [7, 11) is -3.39. The molecule has 1 aliphatic rings. The van der Waals surface area contributed by atoms with Crippen LogP contribution in [0.2, 0.25) is 5.02 Å². The number of aryl methyl sites for hydroxylation is 1. The SMILES string of the molecule is Cc1nc2c(F)cc(-c3nc(N[C@@H]4CCN(S(C)(=O)=O)C[C@H]4O)ncc3Cl)cc2n1C(C)CN.